The third kappa shape index (κ3) is 6.16. The Balaban J connectivity index is 2.15. The number of ether oxygens (including phenoxy) is 2. The molecule has 0 radical (unpaired) electrons. The van der Waals surface area contributed by atoms with E-state index >= 15 is 0 Å². The highest BCUT2D eigenvalue weighted by molar-refractivity contribution is 5.96. The van der Waals surface area contributed by atoms with E-state index in [0.29, 0.717) is 12.4 Å². The number of likely N-dealkylation sites (N-methyl/N-ethyl adjacent to an activating group) is 1. The molecule has 2 aromatic rings. The zero-order valence-electron chi connectivity index (χ0n) is 16.7. The van der Waals surface area contributed by atoms with Gasteiger partial charge in [-0.25, -0.2) is 4.98 Å². The Kier molecular flexibility index (Phi) is 7.57. The molecule has 29 heavy (non-hydrogen) atoms. The summed E-state index contributed by atoms with van der Waals surface area (Å²) in [5, 5.41) is 6.50. The molecule has 160 valence electrons. The second kappa shape index (κ2) is 9.70. The first-order valence-corrected chi connectivity index (χ1v) is 8.80. The maximum atomic E-state index is 13.1. The number of hydrogen-bond acceptors (Lipinski definition) is 6. The monoisotopic (exact) mass is 415 g/mol. The molecular weight excluding hydrogens is 391 g/mol. The van der Waals surface area contributed by atoms with Gasteiger partial charge in [0.2, 0.25) is 5.91 Å². The van der Waals surface area contributed by atoms with Crippen molar-refractivity contribution in [3.8, 4) is 5.75 Å². The number of nitrogens with one attached hydrogen (secondary N) is 1. The van der Waals surface area contributed by atoms with E-state index in [0.717, 1.165) is 12.1 Å². The molecule has 11 heteroatoms. The molecule has 0 aliphatic heterocycles. The molecule has 1 heterocycles. The summed E-state index contributed by atoms with van der Waals surface area (Å²) in [6.45, 7) is 2.37. The molecule has 0 saturated heterocycles. The summed E-state index contributed by atoms with van der Waals surface area (Å²) in [4.78, 5) is 18.5. The number of rotatable bonds is 9. The van der Waals surface area contributed by atoms with Gasteiger partial charge in [-0.15, -0.1) is 0 Å². The lowest BCUT2D eigenvalue weighted by Gasteiger charge is -2.24. The van der Waals surface area contributed by atoms with Crippen LogP contribution in [0.15, 0.2) is 24.5 Å². The van der Waals surface area contributed by atoms with Gasteiger partial charge in [0.25, 0.3) is 0 Å². The Labute approximate surface area is 166 Å². The number of hydrogen-bond donors (Lipinski definition) is 1. The fraction of sp³-hybridized carbons (Fsp3) is 0.500. The van der Waals surface area contributed by atoms with Gasteiger partial charge in [0.15, 0.2) is 0 Å². The second-order valence-electron chi connectivity index (χ2n) is 6.43. The number of aromatic nitrogens is 3. The lowest BCUT2D eigenvalue weighted by Crippen LogP contribution is -2.39. The molecule has 0 aliphatic carbocycles. The van der Waals surface area contributed by atoms with Crippen molar-refractivity contribution in [3.63, 3.8) is 0 Å². The smallest absolute Gasteiger partial charge is 0.416 e. The summed E-state index contributed by atoms with van der Waals surface area (Å²) in [5.41, 5.74) is -0.938. The molecule has 1 amide bonds. The largest absolute Gasteiger partial charge is 0.489 e. The van der Waals surface area contributed by atoms with Crippen molar-refractivity contribution >= 4 is 11.6 Å². The third-order valence-electron chi connectivity index (χ3n) is 4.35. The van der Waals surface area contributed by atoms with Crippen LogP contribution in [0.3, 0.4) is 0 Å². The van der Waals surface area contributed by atoms with Crippen molar-refractivity contribution in [2.45, 2.75) is 25.7 Å². The van der Waals surface area contributed by atoms with Gasteiger partial charge in [0.05, 0.1) is 30.4 Å². The van der Waals surface area contributed by atoms with Crippen LogP contribution in [0.5, 0.6) is 5.75 Å². The number of anilines is 1. The highest BCUT2D eigenvalue weighted by Gasteiger charge is 2.32. The summed E-state index contributed by atoms with van der Waals surface area (Å²) in [7, 11) is 4.92. The number of halogens is 3. The minimum absolute atomic E-state index is 0.0557. The minimum Gasteiger partial charge on any atom is -0.489 e. The molecule has 0 fully saturated rings. The number of nitrogens with zero attached hydrogens (tertiary/aromatic N) is 4. The summed E-state index contributed by atoms with van der Waals surface area (Å²) >= 11 is 0. The fourth-order valence-corrected chi connectivity index (χ4v) is 2.43. The van der Waals surface area contributed by atoms with E-state index in [1.165, 1.54) is 19.5 Å². The zero-order valence-corrected chi connectivity index (χ0v) is 16.7. The predicted molar refractivity (Wildman–Crippen MR) is 99.4 cm³/mol. The molecule has 2 rings (SSSR count). The van der Waals surface area contributed by atoms with E-state index in [4.69, 9.17) is 9.47 Å². The van der Waals surface area contributed by atoms with Crippen LogP contribution in [0.1, 0.15) is 18.3 Å². The molecule has 0 bridgehead atoms. The molecule has 1 aromatic carbocycles. The quantitative estimate of drug-likeness (QED) is 0.633. The van der Waals surface area contributed by atoms with Crippen molar-refractivity contribution in [2.75, 3.05) is 32.7 Å². The van der Waals surface area contributed by atoms with Crippen LogP contribution >= 0.6 is 0 Å². The Morgan fingerprint density at radius 2 is 2.07 bits per heavy atom. The molecule has 0 spiro atoms. The number of carbonyl (C=O) groups excluding carboxylic acids is 1. The van der Waals surface area contributed by atoms with Crippen molar-refractivity contribution in [3.05, 3.63) is 35.9 Å². The van der Waals surface area contributed by atoms with Gasteiger partial charge in [0, 0.05) is 14.2 Å². The van der Waals surface area contributed by atoms with E-state index in [1.54, 1.807) is 30.6 Å². The highest BCUT2D eigenvalue weighted by Crippen LogP contribution is 2.35. The maximum absolute atomic E-state index is 13.1. The molecule has 1 aromatic heterocycles. The summed E-state index contributed by atoms with van der Waals surface area (Å²) < 4.78 is 51.2. The van der Waals surface area contributed by atoms with Crippen LogP contribution in [0.4, 0.5) is 18.9 Å². The topological polar surface area (TPSA) is 81.5 Å². The Morgan fingerprint density at radius 1 is 1.34 bits per heavy atom. The van der Waals surface area contributed by atoms with Crippen LogP contribution in [0, 0.1) is 0 Å². The van der Waals surface area contributed by atoms with Crippen LogP contribution in [0.25, 0.3) is 0 Å². The third-order valence-corrected chi connectivity index (χ3v) is 4.35. The molecular formula is C18H24F3N5O3. The standard InChI is InChI=1S/C18H24F3N5O3/c1-12(25(2)10-16-22-11-23-26(16)3)17(27)24-14-9-13(18(19,20)21)5-6-15(14)29-8-7-28-4/h5-6,9,11-12H,7-8,10H2,1-4H3,(H,24,27). The van der Waals surface area contributed by atoms with E-state index in [-0.39, 0.29) is 24.7 Å². The number of benzene rings is 1. The zero-order chi connectivity index (χ0) is 21.6. The molecule has 1 N–H and O–H groups in total. The Bertz CT molecular complexity index is 825. The van der Waals surface area contributed by atoms with E-state index in [9.17, 15) is 18.0 Å². The second-order valence-corrected chi connectivity index (χ2v) is 6.43. The summed E-state index contributed by atoms with van der Waals surface area (Å²) in [6, 6.07) is 2.30. The lowest BCUT2D eigenvalue weighted by molar-refractivity contribution is -0.137. The highest BCUT2D eigenvalue weighted by atomic mass is 19.4. The van der Waals surface area contributed by atoms with Crippen LogP contribution in [0.2, 0.25) is 0 Å². The van der Waals surface area contributed by atoms with Crippen molar-refractivity contribution in [2.24, 2.45) is 7.05 Å². The first-order valence-electron chi connectivity index (χ1n) is 8.80. The maximum Gasteiger partial charge on any atom is 0.416 e. The van der Waals surface area contributed by atoms with Gasteiger partial charge < -0.3 is 14.8 Å². The van der Waals surface area contributed by atoms with Crippen LogP contribution in [-0.4, -0.2) is 59.0 Å². The fourth-order valence-electron chi connectivity index (χ4n) is 2.43. The number of amides is 1. The Hall–Kier alpha value is -2.66. The average Bonchev–Trinajstić information content (AvgIpc) is 3.06. The molecule has 1 unspecified atom stereocenters. The van der Waals surface area contributed by atoms with E-state index in [2.05, 4.69) is 15.4 Å². The molecule has 0 aliphatic rings. The minimum atomic E-state index is -4.54. The van der Waals surface area contributed by atoms with E-state index < -0.39 is 23.7 Å². The van der Waals surface area contributed by atoms with Gasteiger partial charge >= 0.3 is 6.18 Å². The van der Waals surface area contributed by atoms with E-state index in [1.807, 2.05) is 0 Å². The Morgan fingerprint density at radius 3 is 2.66 bits per heavy atom. The first kappa shape index (κ1) is 22.6. The van der Waals surface area contributed by atoms with Gasteiger partial charge in [-0.3, -0.25) is 14.4 Å². The normalized spacial score (nSPS) is 12.8. The molecule has 0 saturated carbocycles. The predicted octanol–water partition coefficient (Wildman–Crippen LogP) is 2.32. The number of aryl methyl sites for hydroxylation is 1. The van der Waals surface area contributed by atoms with Gasteiger partial charge in [-0.05, 0) is 32.2 Å². The summed E-state index contributed by atoms with van der Waals surface area (Å²) in [6.07, 6.45) is -3.14. The van der Waals surface area contributed by atoms with Crippen molar-refractivity contribution in [1.29, 1.82) is 0 Å². The van der Waals surface area contributed by atoms with Crippen molar-refractivity contribution < 1.29 is 27.4 Å². The number of alkyl halides is 3. The van der Waals surface area contributed by atoms with Crippen LogP contribution in [-0.2, 0) is 29.3 Å². The SMILES string of the molecule is COCCOc1ccc(C(F)(F)F)cc1NC(=O)C(C)N(C)Cc1ncnn1C. The number of carbonyl (C=O) groups is 1. The number of methoxy groups -OCH3 is 1. The molecule has 8 nitrogen and oxygen atoms in total. The van der Waals surface area contributed by atoms with Gasteiger partial charge in [0.1, 0.15) is 24.5 Å². The van der Waals surface area contributed by atoms with Crippen molar-refractivity contribution in [1.82, 2.24) is 19.7 Å². The first-order chi connectivity index (χ1) is 13.6. The van der Waals surface area contributed by atoms with Crippen LogP contribution < -0.4 is 10.1 Å². The molecule has 1 atom stereocenters. The lowest BCUT2D eigenvalue weighted by atomic mass is 10.1. The summed E-state index contributed by atoms with van der Waals surface area (Å²) in [5.74, 6) is 0.298. The van der Waals surface area contributed by atoms with Gasteiger partial charge in [-0.2, -0.15) is 18.3 Å². The average molecular weight is 415 g/mol. The van der Waals surface area contributed by atoms with Gasteiger partial charge in [-0.1, -0.05) is 0 Å².